The number of carbonyl (C=O) groups excluding carboxylic acids is 2. The number of nitrogens with zero attached hydrogens (tertiary/aromatic N) is 1. The molecule has 0 radical (unpaired) electrons. The minimum atomic E-state index is -0.245. The normalized spacial score (nSPS) is 22.3. The summed E-state index contributed by atoms with van der Waals surface area (Å²) in [5.41, 5.74) is 0.679. The third-order valence-electron chi connectivity index (χ3n) is 3.81. The van der Waals surface area contributed by atoms with Gasteiger partial charge in [0.1, 0.15) is 12.0 Å². The van der Waals surface area contributed by atoms with Gasteiger partial charge >= 0.3 is 0 Å². The van der Waals surface area contributed by atoms with Gasteiger partial charge in [0.25, 0.3) is 11.8 Å². The van der Waals surface area contributed by atoms with Crippen molar-refractivity contribution >= 4 is 11.8 Å². The molecular weight excluding hydrogens is 248 g/mol. The quantitative estimate of drug-likeness (QED) is 0.797. The number of nitrogens with one attached hydrogen (secondary N) is 1. The molecule has 0 spiro atoms. The van der Waals surface area contributed by atoms with E-state index in [1.54, 1.807) is 4.90 Å². The molecule has 2 N–H and O–H groups in total. The van der Waals surface area contributed by atoms with Crippen LogP contribution >= 0.6 is 0 Å². The molecule has 2 aliphatic heterocycles. The average molecular weight is 264 g/mol. The number of rotatable bonds is 2. The van der Waals surface area contributed by atoms with E-state index in [9.17, 15) is 9.59 Å². The Labute approximate surface area is 110 Å². The molecule has 0 bridgehead atoms. The standard InChI is InChI=1S/C13H16N2O4/c16-6-8-3-5-15(8)13(18)9-7-19-10-2-1-4-14-12(17)11(9)10/h7-8,16H,1-6H2,(H,14,17). The fourth-order valence-electron chi connectivity index (χ4n) is 2.58. The SMILES string of the molecule is O=C1NCCCc2occ(C(=O)N3CCC3CO)c21. The molecule has 3 rings (SSSR count). The summed E-state index contributed by atoms with van der Waals surface area (Å²) < 4.78 is 5.38. The van der Waals surface area contributed by atoms with Crippen LogP contribution < -0.4 is 5.32 Å². The van der Waals surface area contributed by atoms with Gasteiger partial charge in [-0.15, -0.1) is 0 Å². The molecule has 6 nitrogen and oxygen atoms in total. The highest BCUT2D eigenvalue weighted by Crippen LogP contribution is 2.26. The van der Waals surface area contributed by atoms with Crippen molar-refractivity contribution in [2.24, 2.45) is 0 Å². The van der Waals surface area contributed by atoms with E-state index in [2.05, 4.69) is 5.32 Å². The lowest BCUT2D eigenvalue weighted by Gasteiger charge is -2.39. The van der Waals surface area contributed by atoms with Crippen molar-refractivity contribution < 1.29 is 19.1 Å². The van der Waals surface area contributed by atoms with Crippen molar-refractivity contribution in [3.8, 4) is 0 Å². The Balaban J connectivity index is 1.91. The average Bonchev–Trinajstić information content (AvgIpc) is 2.69. The van der Waals surface area contributed by atoms with E-state index in [1.165, 1.54) is 6.26 Å². The first-order chi connectivity index (χ1) is 9.22. The van der Waals surface area contributed by atoms with Gasteiger partial charge in [-0.25, -0.2) is 0 Å². The minimum absolute atomic E-state index is 0.0437. The number of fused-ring (bicyclic) bond motifs is 1. The zero-order valence-corrected chi connectivity index (χ0v) is 10.5. The number of hydrogen-bond acceptors (Lipinski definition) is 4. The van der Waals surface area contributed by atoms with Gasteiger partial charge in [-0.3, -0.25) is 9.59 Å². The Morgan fingerprint density at radius 1 is 1.58 bits per heavy atom. The van der Waals surface area contributed by atoms with Crippen LogP contribution in [0.1, 0.15) is 39.3 Å². The van der Waals surface area contributed by atoms with E-state index in [0.29, 0.717) is 36.4 Å². The van der Waals surface area contributed by atoms with E-state index < -0.39 is 0 Å². The van der Waals surface area contributed by atoms with Crippen LogP contribution in [0.3, 0.4) is 0 Å². The Bertz CT molecular complexity index is 521. The largest absolute Gasteiger partial charge is 0.468 e. The molecule has 2 amide bonds. The second-order valence-electron chi connectivity index (χ2n) is 4.93. The maximum absolute atomic E-state index is 12.4. The van der Waals surface area contributed by atoms with Crippen molar-refractivity contribution in [3.63, 3.8) is 0 Å². The maximum Gasteiger partial charge on any atom is 0.258 e. The molecule has 1 fully saturated rings. The summed E-state index contributed by atoms with van der Waals surface area (Å²) in [7, 11) is 0. The molecule has 0 aliphatic carbocycles. The summed E-state index contributed by atoms with van der Waals surface area (Å²) in [5.74, 6) is 0.109. The first kappa shape index (κ1) is 12.2. The number of aliphatic hydroxyl groups is 1. The zero-order valence-electron chi connectivity index (χ0n) is 10.5. The number of hydrogen-bond donors (Lipinski definition) is 2. The van der Waals surface area contributed by atoms with Crippen molar-refractivity contribution in [2.75, 3.05) is 19.7 Å². The van der Waals surface area contributed by atoms with E-state index in [-0.39, 0.29) is 24.5 Å². The molecule has 1 aromatic rings. The van der Waals surface area contributed by atoms with Gasteiger partial charge in [-0.05, 0) is 12.8 Å². The van der Waals surface area contributed by atoms with Crippen LogP contribution in [0.15, 0.2) is 10.7 Å². The van der Waals surface area contributed by atoms with Crippen LogP contribution in [0.4, 0.5) is 0 Å². The number of carbonyl (C=O) groups is 2. The van der Waals surface area contributed by atoms with E-state index in [0.717, 1.165) is 12.8 Å². The smallest absolute Gasteiger partial charge is 0.258 e. The lowest BCUT2D eigenvalue weighted by Crippen LogP contribution is -2.53. The molecule has 1 unspecified atom stereocenters. The first-order valence-corrected chi connectivity index (χ1v) is 6.52. The molecular formula is C13H16N2O4. The summed E-state index contributed by atoms with van der Waals surface area (Å²) in [6.07, 6.45) is 3.63. The summed E-state index contributed by atoms with van der Waals surface area (Å²) in [4.78, 5) is 25.9. The van der Waals surface area contributed by atoms with E-state index >= 15 is 0 Å². The number of likely N-dealkylation sites (tertiary alicyclic amines) is 1. The number of furan rings is 1. The monoisotopic (exact) mass is 264 g/mol. The van der Waals surface area contributed by atoms with Crippen molar-refractivity contribution in [2.45, 2.75) is 25.3 Å². The molecule has 2 aliphatic rings. The lowest BCUT2D eigenvalue weighted by molar-refractivity contribution is 0.0293. The number of amides is 2. The highest BCUT2D eigenvalue weighted by molar-refractivity contribution is 6.08. The highest BCUT2D eigenvalue weighted by Gasteiger charge is 2.36. The third-order valence-corrected chi connectivity index (χ3v) is 3.81. The third kappa shape index (κ3) is 1.92. The van der Waals surface area contributed by atoms with Crippen LogP contribution in [0.2, 0.25) is 0 Å². The van der Waals surface area contributed by atoms with Crippen LogP contribution in [0, 0.1) is 0 Å². The van der Waals surface area contributed by atoms with Crippen LogP contribution in [-0.4, -0.2) is 47.6 Å². The van der Waals surface area contributed by atoms with Crippen LogP contribution in [0.25, 0.3) is 0 Å². The molecule has 3 heterocycles. The second kappa shape index (κ2) is 4.70. The fourth-order valence-corrected chi connectivity index (χ4v) is 2.58. The summed E-state index contributed by atoms with van der Waals surface area (Å²) in [6.45, 7) is 1.17. The fraction of sp³-hybridized carbons (Fsp3) is 0.538. The number of aryl methyl sites for hydroxylation is 1. The van der Waals surface area contributed by atoms with E-state index in [1.807, 2.05) is 0 Å². The second-order valence-corrected chi connectivity index (χ2v) is 4.93. The van der Waals surface area contributed by atoms with Crippen molar-refractivity contribution in [1.82, 2.24) is 10.2 Å². The summed E-state index contributed by atoms with van der Waals surface area (Å²) in [6, 6.07) is -0.133. The van der Waals surface area contributed by atoms with Gasteiger partial charge in [-0.2, -0.15) is 0 Å². The summed E-state index contributed by atoms with van der Waals surface area (Å²) >= 11 is 0. The van der Waals surface area contributed by atoms with Crippen LogP contribution in [-0.2, 0) is 6.42 Å². The Morgan fingerprint density at radius 3 is 3.11 bits per heavy atom. The predicted molar refractivity (Wildman–Crippen MR) is 65.9 cm³/mol. The van der Waals surface area contributed by atoms with Crippen LogP contribution in [0.5, 0.6) is 0 Å². The molecule has 1 saturated heterocycles. The predicted octanol–water partition coefficient (Wildman–Crippen LogP) is 0.162. The first-order valence-electron chi connectivity index (χ1n) is 6.52. The Kier molecular flexibility index (Phi) is 3.02. The topological polar surface area (TPSA) is 82.8 Å². The minimum Gasteiger partial charge on any atom is -0.468 e. The molecule has 1 aromatic heterocycles. The molecule has 102 valence electrons. The van der Waals surface area contributed by atoms with Gasteiger partial charge < -0.3 is 19.7 Å². The maximum atomic E-state index is 12.4. The highest BCUT2D eigenvalue weighted by atomic mass is 16.3. The van der Waals surface area contributed by atoms with E-state index in [4.69, 9.17) is 9.52 Å². The summed E-state index contributed by atoms with van der Waals surface area (Å²) in [5, 5.41) is 11.9. The van der Waals surface area contributed by atoms with Gasteiger partial charge in [0.2, 0.25) is 0 Å². The van der Waals surface area contributed by atoms with Gasteiger partial charge in [0, 0.05) is 19.5 Å². The van der Waals surface area contributed by atoms with Gasteiger partial charge in [0.05, 0.1) is 23.8 Å². The number of aliphatic hydroxyl groups excluding tert-OH is 1. The molecule has 1 atom stereocenters. The van der Waals surface area contributed by atoms with Crippen molar-refractivity contribution in [1.29, 1.82) is 0 Å². The molecule has 0 saturated carbocycles. The Morgan fingerprint density at radius 2 is 2.42 bits per heavy atom. The lowest BCUT2D eigenvalue weighted by atomic mass is 10.0. The molecule has 6 heteroatoms. The zero-order chi connectivity index (χ0) is 13.4. The van der Waals surface area contributed by atoms with Gasteiger partial charge in [0.15, 0.2) is 0 Å². The Hall–Kier alpha value is -1.82. The molecule has 0 aromatic carbocycles. The van der Waals surface area contributed by atoms with Crippen molar-refractivity contribution in [3.05, 3.63) is 23.2 Å². The van der Waals surface area contributed by atoms with Gasteiger partial charge in [-0.1, -0.05) is 0 Å². The molecule has 19 heavy (non-hydrogen) atoms.